The molecule has 3 aliphatic rings. The third-order valence-electron chi connectivity index (χ3n) is 6.17. The largest absolute Gasteiger partial charge is 0.445 e. The summed E-state index contributed by atoms with van der Waals surface area (Å²) in [6.07, 6.45) is 1.79. The lowest BCUT2D eigenvalue weighted by molar-refractivity contribution is -0.143. The number of benzene rings is 1. The van der Waals surface area contributed by atoms with Gasteiger partial charge < -0.3 is 19.9 Å². The van der Waals surface area contributed by atoms with Gasteiger partial charge in [-0.05, 0) is 31.2 Å². The maximum Gasteiger partial charge on any atom is 0.410 e. The molecule has 3 saturated heterocycles. The van der Waals surface area contributed by atoms with Crippen LogP contribution in [0.5, 0.6) is 0 Å². The first-order valence-electron chi connectivity index (χ1n) is 10.6. The number of rotatable bonds is 4. The molecule has 11 nitrogen and oxygen atoms in total. The van der Waals surface area contributed by atoms with Gasteiger partial charge in [0.2, 0.25) is 0 Å². The van der Waals surface area contributed by atoms with E-state index < -0.39 is 40.4 Å². The number of hydrogen-bond acceptors (Lipinski definition) is 6. The summed E-state index contributed by atoms with van der Waals surface area (Å²) in [5.74, 6) is -0.793. The predicted molar refractivity (Wildman–Crippen MR) is 112 cm³/mol. The van der Waals surface area contributed by atoms with Gasteiger partial charge in [0.15, 0.2) is 0 Å². The van der Waals surface area contributed by atoms with E-state index in [-0.39, 0.29) is 25.6 Å². The zero-order chi connectivity index (χ0) is 22.9. The van der Waals surface area contributed by atoms with Crippen LogP contribution in [0.2, 0.25) is 0 Å². The second-order valence-electron chi connectivity index (χ2n) is 8.21. The Labute approximate surface area is 186 Å². The topological polar surface area (TPSA) is 137 Å². The van der Waals surface area contributed by atoms with Gasteiger partial charge in [-0.25, -0.2) is 13.9 Å². The predicted octanol–water partition coefficient (Wildman–Crippen LogP) is 0.975. The summed E-state index contributed by atoms with van der Waals surface area (Å²) in [5, 5.41) is 2.90. The quantitative estimate of drug-likeness (QED) is 0.498. The van der Waals surface area contributed by atoms with Gasteiger partial charge in [-0.2, -0.15) is 8.42 Å². The highest BCUT2D eigenvalue weighted by atomic mass is 32.2. The van der Waals surface area contributed by atoms with Crippen LogP contribution in [0.1, 0.15) is 31.2 Å². The summed E-state index contributed by atoms with van der Waals surface area (Å²) in [4.78, 5) is 40.2. The van der Waals surface area contributed by atoms with Crippen LogP contribution in [0.3, 0.4) is 0 Å². The smallest absolute Gasteiger partial charge is 0.410 e. The standard InChI is InChI=1S/C20H26N4O7S/c25-18-17-16(24(18)32(28,29)30)9-12-23(17)19(26)21-15-7-4-10-22(11-8-15)20(27)31-13-14-5-2-1-3-6-14/h1-3,5-6,15-17H,4,7-13H2,(H,21,26)(H,28,29,30)/t15-,16+,17-/m0/s1. The van der Waals surface area contributed by atoms with Gasteiger partial charge in [0, 0.05) is 25.7 Å². The molecule has 1 aromatic rings. The lowest BCUT2D eigenvalue weighted by Crippen LogP contribution is -2.69. The third-order valence-corrected chi connectivity index (χ3v) is 7.11. The highest BCUT2D eigenvalue weighted by Gasteiger charge is 2.60. The van der Waals surface area contributed by atoms with Crippen LogP contribution in [0.25, 0.3) is 0 Å². The van der Waals surface area contributed by atoms with Gasteiger partial charge in [0.25, 0.3) is 5.91 Å². The van der Waals surface area contributed by atoms with Crippen molar-refractivity contribution in [2.24, 2.45) is 0 Å². The number of urea groups is 1. The second kappa shape index (κ2) is 8.94. The van der Waals surface area contributed by atoms with Crippen molar-refractivity contribution in [1.29, 1.82) is 0 Å². The summed E-state index contributed by atoms with van der Waals surface area (Å²) in [6.45, 7) is 1.38. The molecule has 4 rings (SSSR count). The Bertz CT molecular complexity index is 987. The first-order chi connectivity index (χ1) is 15.3. The zero-order valence-corrected chi connectivity index (χ0v) is 18.2. The van der Waals surface area contributed by atoms with Crippen LogP contribution in [0.15, 0.2) is 30.3 Å². The van der Waals surface area contributed by atoms with E-state index in [0.717, 1.165) is 5.56 Å². The number of β-lactam (4-membered cyclic amide) rings is 1. The Morgan fingerprint density at radius 1 is 1.09 bits per heavy atom. The Morgan fingerprint density at radius 2 is 1.84 bits per heavy atom. The lowest BCUT2D eigenvalue weighted by atomic mass is 10.0. The summed E-state index contributed by atoms with van der Waals surface area (Å²) in [7, 11) is -4.61. The number of carbonyl (C=O) groups is 3. The maximum atomic E-state index is 12.7. The van der Waals surface area contributed by atoms with E-state index >= 15 is 0 Å². The molecule has 4 amide bonds. The van der Waals surface area contributed by atoms with Crippen molar-refractivity contribution >= 4 is 28.3 Å². The number of fused-ring (bicyclic) bond motifs is 1. The minimum atomic E-state index is -4.61. The SMILES string of the molecule is O=C(OCc1ccccc1)N1CCC[C@H](NC(=O)N2CC[C@@H]3[C@H]2C(=O)N3S(=O)(=O)O)CC1. The molecule has 0 aliphatic carbocycles. The van der Waals surface area contributed by atoms with Crippen molar-refractivity contribution in [3.8, 4) is 0 Å². The van der Waals surface area contributed by atoms with Crippen LogP contribution in [0.4, 0.5) is 9.59 Å². The highest BCUT2D eigenvalue weighted by Crippen LogP contribution is 2.35. The molecular formula is C20H26N4O7S. The number of amides is 4. The van der Waals surface area contributed by atoms with Crippen LogP contribution >= 0.6 is 0 Å². The molecule has 12 heteroatoms. The molecule has 3 aliphatic heterocycles. The van der Waals surface area contributed by atoms with E-state index in [1.54, 1.807) is 4.90 Å². The number of likely N-dealkylation sites (tertiary alicyclic amines) is 2. The molecule has 3 atom stereocenters. The third kappa shape index (κ3) is 4.51. The molecule has 2 N–H and O–H groups in total. The van der Waals surface area contributed by atoms with Gasteiger partial charge >= 0.3 is 22.4 Å². The molecule has 0 aromatic heterocycles. The summed E-state index contributed by atoms with van der Waals surface area (Å²) in [6, 6.07) is 7.21. The van der Waals surface area contributed by atoms with Crippen LogP contribution in [-0.2, 0) is 26.4 Å². The normalized spacial score (nSPS) is 25.6. The molecule has 3 heterocycles. The van der Waals surface area contributed by atoms with Crippen LogP contribution in [0, 0.1) is 0 Å². The summed E-state index contributed by atoms with van der Waals surface area (Å²) in [5.41, 5.74) is 0.905. The minimum absolute atomic E-state index is 0.179. The van der Waals surface area contributed by atoms with E-state index in [2.05, 4.69) is 5.32 Å². The number of carbonyl (C=O) groups excluding carboxylic acids is 3. The fraction of sp³-hybridized carbons (Fsp3) is 0.550. The molecule has 0 radical (unpaired) electrons. The Balaban J connectivity index is 1.26. The second-order valence-corrected chi connectivity index (χ2v) is 9.50. The van der Waals surface area contributed by atoms with Gasteiger partial charge in [0.05, 0.1) is 6.04 Å². The van der Waals surface area contributed by atoms with Crippen molar-refractivity contribution in [1.82, 2.24) is 19.4 Å². The van der Waals surface area contributed by atoms with Crippen molar-refractivity contribution in [3.05, 3.63) is 35.9 Å². The Hall–Kier alpha value is -2.86. The van der Waals surface area contributed by atoms with Crippen molar-refractivity contribution in [2.75, 3.05) is 19.6 Å². The van der Waals surface area contributed by atoms with Crippen molar-refractivity contribution < 1.29 is 32.1 Å². The van der Waals surface area contributed by atoms with E-state index in [4.69, 9.17) is 9.29 Å². The van der Waals surface area contributed by atoms with E-state index in [0.29, 0.717) is 36.7 Å². The van der Waals surface area contributed by atoms with Crippen LogP contribution in [-0.4, -0.2) is 82.9 Å². The monoisotopic (exact) mass is 466 g/mol. The van der Waals surface area contributed by atoms with Crippen LogP contribution < -0.4 is 5.32 Å². The summed E-state index contributed by atoms with van der Waals surface area (Å²) < 4.78 is 37.6. The van der Waals surface area contributed by atoms with Gasteiger partial charge in [0.1, 0.15) is 12.6 Å². The van der Waals surface area contributed by atoms with E-state index in [1.807, 2.05) is 30.3 Å². The first kappa shape index (κ1) is 22.3. The maximum absolute atomic E-state index is 12.7. The Kier molecular flexibility index (Phi) is 6.24. The molecule has 174 valence electrons. The van der Waals surface area contributed by atoms with Gasteiger partial charge in [-0.1, -0.05) is 30.3 Å². The zero-order valence-electron chi connectivity index (χ0n) is 17.4. The number of ether oxygens (including phenoxy) is 1. The van der Waals surface area contributed by atoms with Gasteiger partial charge in [-0.15, -0.1) is 0 Å². The fourth-order valence-corrected chi connectivity index (χ4v) is 5.43. The van der Waals surface area contributed by atoms with E-state index in [9.17, 15) is 22.8 Å². The average Bonchev–Trinajstić information content (AvgIpc) is 2.96. The fourth-order valence-electron chi connectivity index (χ4n) is 4.54. The molecule has 32 heavy (non-hydrogen) atoms. The molecule has 0 unspecified atom stereocenters. The van der Waals surface area contributed by atoms with E-state index in [1.165, 1.54) is 4.90 Å². The van der Waals surface area contributed by atoms with Crippen molar-refractivity contribution in [2.45, 2.75) is 50.4 Å². The molecule has 0 spiro atoms. The Morgan fingerprint density at radius 3 is 2.56 bits per heavy atom. The number of nitrogens with zero attached hydrogens (tertiary/aromatic N) is 3. The first-order valence-corrected chi connectivity index (χ1v) is 12.0. The lowest BCUT2D eigenvalue weighted by Gasteiger charge is -2.42. The molecule has 1 aromatic carbocycles. The molecular weight excluding hydrogens is 440 g/mol. The van der Waals surface area contributed by atoms with Gasteiger partial charge in [-0.3, -0.25) is 9.35 Å². The number of hydrogen-bond donors (Lipinski definition) is 2. The number of nitrogens with one attached hydrogen (secondary N) is 1. The average molecular weight is 467 g/mol. The summed E-state index contributed by atoms with van der Waals surface area (Å²) >= 11 is 0. The minimum Gasteiger partial charge on any atom is -0.445 e. The highest BCUT2D eigenvalue weighted by molar-refractivity contribution is 7.84. The molecule has 0 bridgehead atoms. The molecule has 0 saturated carbocycles. The molecule has 3 fully saturated rings. The van der Waals surface area contributed by atoms with Crippen molar-refractivity contribution in [3.63, 3.8) is 0 Å².